The number of fused-ring (bicyclic) bond motifs is 1. The fourth-order valence-corrected chi connectivity index (χ4v) is 4.08. The normalized spacial score (nSPS) is 11.4. The number of anilines is 1. The van der Waals surface area contributed by atoms with E-state index in [-0.39, 0.29) is 0 Å². The summed E-state index contributed by atoms with van der Waals surface area (Å²) >= 11 is 13.5. The van der Waals surface area contributed by atoms with Crippen LogP contribution in [0.25, 0.3) is 10.2 Å². The van der Waals surface area contributed by atoms with Crippen LogP contribution in [-0.2, 0) is 6.54 Å². The van der Waals surface area contributed by atoms with E-state index < -0.39 is 0 Å². The van der Waals surface area contributed by atoms with Crippen LogP contribution in [0.4, 0.5) is 16.5 Å². The molecule has 7 heteroatoms. The molecule has 0 amide bonds. The Morgan fingerprint density at radius 2 is 1.62 bits per heavy atom. The summed E-state index contributed by atoms with van der Waals surface area (Å²) in [5.41, 5.74) is 5.20. The van der Waals surface area contributed by atoms with Crippen LogP contribution in [0.1, 0.15) is 11.1 Å². The minimum absolute atomic E-state index is 0.485. The SMILES string of the molecule is Cc1ccc(CN(C)c2ccc(N=Nc3nc4cc(Cl)c(Cl)cc4s3)cc2)cc1. The summed E-state index contributed by atoms with van der Waals surface area (Å²) in [7, 11) is 2.08. The molecule has 4 rings (SSSR count). The number of thiazole rings is 1. The number of aromatic nitrogens is 1. The lowest BCUT2D eigenvalue weighted by Gasteiger charge is -2.19. The lowest BCUT2D eigenvalue weighted by Crippen LogP contribution is -2.15. The number of hydrogen-bond donors (Lipinski definition) is 0. The Balaban J connectivity index is 1.45. The second kappa shape index (κ2) is 8.49. The van der Waals surface area contributed by atoms with Crippen LogP contribution in [0, 0.1) is 6.92 Å². The fourth-order valence-electron chi connectivity index (χ4n) is 2.89. The van der Waals surface area contributed by atoms with Gasteiger partial charge in [-0.2, -0.15) is 0 Å². The zero-order valence-corrected chi connectivity index (χ0v) is 18.3. The second-order valence-electron chi connectivity index (χ2n) is 6.79. The number of nitrogens with zero attached hydrogens (tertiary/aromatic N) is 4. The van der Waals surface area contributed by atoms with Crippen molar-refractivity contribution in [2.45, 2.75) is 13.5 Å². The maximum atomic E-state index is 6.06. The number of hydrogen-bond acceptors (Lipinski definition) is 5. The van der Waals surface area contributed by atoms with Gasteiger partial charge in [0.2, 0.25) is 5.13 Å². The zero-order chi connectivity index (χ0) is 20.4. The van der Waals surface area contributed by atoms with Crippen molar-refractivity contribution in [2.75, 3.05) is 11.9 Å². The van der Waals surface area contributed by atoms with Crippen molar-refractivity contribution in [3.8, 4) is 0 Å². The van der Waals surface area contributed by atoms with Crippen molar-refractivity contribution in [2.24, 2.45) is 10.2 Å². The van der Waals surface area contributed by atoms with Crippen LogP contribution < -0.4 is 4.90 Å². The monoisotopic (exact) mass is 440 g/mol. The van der Waals surface area contributed by atoms with Gasteiger partial charge in [0, 0.05) is 19.3 Å². The molecule has 0 radical (unpaired) electrons. The van der Waals surface area contributed by atoms with Crippen molar-refractivity contribution in [1.82, 2.24) is 4.98 Å². The summed E-state index contributed by atoms with van der Waals surface area (Å²) in [6.45, 7) is 2.94. The maximum Gasteiger partial charge on any atom is 0.231 e. The first-order chi connectivity index (χ1) is 14.0. The highest BCUT2D eigenvalue weighted by molar-refractivity contribution is 7.22. The van der Waals surface area contributed by atoms with Crippen molar-refractivity contribution >= 4 is 61.3 Å². The second-order valence-corrected chi connectivity index (χ2v) is 8.61. The Bertz CT molecular complexity index is 1130. The van der Waals surface area contributed by atoms with Gasteiger partial charge < -0.3 is 4.90 Å². The third-order valence-electron chi connectivity index (χ3n) is 4.50. The van der Waals surface area contributed by atoms with E-state index in [0.29, 0.717) is 15.2 Å². The summed E-state index contributed by atoms with van der Waals surface area (Å²) in [6, 6.07) is 20.1. The standard InChI is InChI=1S/C22H18Cl2N4S/c1-14-3-5-15(6-4-14)13-28(2)17-9-7-16(8-10-17)26-27-22-25-20-11-18(23)19(24)12-21(20)29-22/h3-12H,13H2,1-2H3. The molecular formula is C22H18Cl2N4S. The predicted molar refractivity (Wildman–Crippen MR) is 124 cm³/mol. The average molecular weight is 441 g/mol. The van der Waals surface area contributed by atoms with E-state index in [0.717, 1.165) is 28.1 Å². The molecule has 1 heterocycles. The lowest BCUT2D eigenvalue weighted by molar-refractivity contribution is 0.922. The van der Waals surface area contributed by atoms with E-state index in [4.69, 9.17) is 23.2 Å². The molecule has 4 nitrogen and oxygen atoms in total. The van der Waals surface area contributed by atoms with E-state index in [1.165, 1.54) is 22.5 Å². The number of rotatable bonds is 5. The molecule has 1 aromatic heterocycles. The molecule has 0 bridgehead atoms. The maximum absolute atomic E-state index is 6.06. The molecular weight excluding hydrogens is 423 g/mol. The minimum atomic E-state index is 0.485. The Morgan fingerprint density at radius 3 is 2.34 bits per heavy atom. The van der Waals surface area contributed by atoms with Gasteiger partial charge in [-0.15, -0.1) is 10.2 Å². The lowest BCUT2D eigenvalue weighted by atomic mass is 10.1. The van der Waals surface area contributed by atoms with Gasteiger partial charge in [0.05, 0.1) is 25.9 Å². The van der Waals surface area contributed by atoms with Crippen molar-refractivity contribution < 1.29 is 0 Å². The minimum Gasteiger partial charge on any atom is -0.370 e. The summed E-state index contributed by atoms with van der Waals surface area (Å²) in [5.74, 6) is 0. The van der Waals surface area contributed by atoms with Crippen LogP contribution in [0.5, 0.6) is 0 Å². The molecule has 0 saturated carbocycles. The van der Waals surface area contributed by atoms with E-state index in [1.807, 2.05) is 24.3 Å². The number of azo groups is 1. The molecule has 146 valence electrons. The van der Waals surface area contributed by atoms with E-state index in [2.05, 4.69) is 58.3 Å². The molecule has 0 spiro atoms. The molecule has 3 aromatic carbocycles. The van der Waals surface area contributed by atoms with Gasteiger partial charge in [0.15, 0.2) is 0 Å². The summed E-state index contributed by atoms with van der Waals surface area (Å²) in [6.07, 6.45) is 0. The molecule has 0 N–H and O–H groups in total. The third kappa shape index (κ3) is 4.75. The van der Waals surface area contributed by atoms with Gasteiger partial charge in [0.1, 0.15) is 0 Å². The summed E-state index contributed by atoms with van der Waals surface area (Å²) < 4.78 is 0.932. The summed E-state index contributed by atoms with van der Waals surface area (Å²) in [4.78, 5) is 6.64. The topological polar surface area (TPSA) is 40.9 Å². The van der Waals surface area contributed by atoms with E-state index in [9.17, 15) is 0 Å². The Morgan fingerprint density at radius 1 is 0.931 bits per heavy atom. The Hall–Kier alpha value is -2.47. The molecule has 0 fully saturated rings. The molecule has 0 unspecified atom stereocenters. The highest BCUT2D eigenvalue weighted by Crippen LogP contribution is 2.34. The first-order valence-corrected chi connectivity index (χ1v) is 10.6. The van der Waals surface area contributed by atoms with Gasteiger partial charge in [-0.1, -0.05) is 64.4 Å². The summed E-state index contributed by atoms with van der Waals surface area (Å²) in [5, 5.41) is 10.1. The van der Waals surface area contributed by atoms with Gasteiger partial charge in [-0.3, -0.25) is 0 Å². The first-order valence-electron chi connectivity index (χ1n) is 9.02. The predicted octanol–water partition coefficient (Wildman–Crippen LogP) is 7.96. The number of halogens is 2. The Kier molecular flexibility index (Phi) is 5.81. The highest BCUT2D eigenvalue weighted by Gasteiger charge is 2.07. The van der Waals surface area contributed by atoms with Crippen molar-refractivity contribution in [1.29, 1.82) is 0 Å². The molecule has 0 aliphatic carbocycles. The van der Waals surface area contributed by atoms with Crippen LogP contribution in [0.3, 0.4) is 0 Å². The Labute approximate surface area is 183 Å². The highest BCUT2D eigenvalue weighted by atomic mass is 35.5. The molecule has 0 saturated heterocycles. The van der Waals surface area contributed by atoms with Crippen LogP contribution in [0.2, 0.25) is 10.0 Å². The largest absolute Gasteiger partial charge is 0.370 e. The van der Waals surface area contributed by atoms with Gasteiger partial charge >= 0.3 is 0 Å². The quantitative estimate of drug-likeness (QED) is 0.295. The number of benzene rings is 3. The van der Waals surface area contributed by atoms with Crippen molar-refractivity contribution in [3.63, 3.8) is 0 Å². The first kappa shape index (κ1) is 19.8. The third-order valence-corrected chi connectivity index (χ3v) is 6.13. The van der Waals surface area contributed by atoms with E-state index in [1.54, 1.807) is 12.1 Å². The van der Waals surface area contributed by atoms with Crippen LogP contribution in [0.15, 0.2) is 70.9 Å². The van der Waals surface area contributed by atoms with Gasteiger partial charge in [0.25, 0.3) is 0 Å². The molecule has 0 atom stereocenters. The molecule has 29 heavy (non-hydrogen) atoms. The molecule has 4 aromatic rings. The molecule has 0 aliphatic rings. The van der Waals surface area contributed by atoms with Gasteiger partial charge in [-0.05, 0) is 48.9 Å². The molecule has 0 aliphatic heterocycles. The van der Waals surface area contributed by atoms with Crippen molar-refractivity contribution in [3.05, 3.63) is 81.8 Å². The number of aryl methyl sites for hydroxylation is 1. The average Bonchev–Trinajstić information content (AvgIpc) is 3.10. The van der Waals surface area contributed by atoms with Gasteiger partial charge in [-0.25, -0.2) is 4.98 Å². The van der Waals surface area contributed by atoms with Crippen LogP contribution in [-0.4, -0.2) is 12.0 Å². The van der Waals surface area contributed by atoms with E-state index >= 15 is 0 Å². The zero-order valence-electron chi connectivity index (χ0n) is 15.9. The van der Waals surface area contributed by atoms with Crippen LogP contribution >= 0.6 is 34.5 Å². The smallest absolute Gasteiger partial charge is 0.231 e. The fraction of sp³-hybridized carbons (Fsp3) is 0.136.